The summed E-state index contributed by atoms with van der Waals surface area (Å²) in [5.74, 6) is 0.803. The lowest BCUT2D eigenvalue weighted by Crippen LogP contribution is -2.13. The van der Waals surface area contributed by atoms with Crippen LogP contribution in [0.25, 0.3) is 10.8 Å². The summed E-state index contributed by atoms with van der Waals surface area (Å²) >= 11 is 0. The van der Waals surface area contributed by atoms with Crippen molar-refractivity contribution in [2.45, 2.75) is 58.8 Å². The Morgan fingerprint density at radius 3 is 2.42 bits per heavy atom. The highest BCUT2D eigenvalue weighted by atomic mass is 14.3. The minimum Gasteiger partial charge on any atom is -0.0654 e. The molecule has 0 aliphatic heterocycles. The van der Waals surface area contributed by atoms with Gasteiger partial charge in [-0.15, -0.1) is 0 Å². The maximum Gasteiger partial charge on any atom is -0.0149 e. The van der Waals surface area contributed by atoms with Crippen LogP contribution in [-0.2, 0) is 6.42 Å². The van der Waals surface area contributed by atoms with Gasteiger partial charge in [-0.25, -0.2) is 0 Å². The van der Waals surface area contributed by atoms with Gasteiger partial charge in [0.15, 0.2) is 0 Å². The summed E-state index contributed by atoms with van der Waals surface area (Å²) in [4.78, 5) is 0. The predicted octanol–water partition coefficient (Wildman–Crippen LogP) is 5.68. The van der Waals surface area contributed by atoms with E-state index in [1.54, 1.807) is 16.7 Å². The largest absolute Gasteiger partial charge is 0.0654 e. The Bertz CT molecular complexity index is 607. The number of aryl methyl sites for hydroxylation is 2. The van der Waals surface area contributed by atoms with Crippen molar-refractivity contribution in [3.05, 3.63) is 46.5 Å². The number of rotatable bonds is 2. The second-order valence-corrected chi connectivity index (χ2v) is 6.07. The van der Waals surface area contributed by atoms with E-state index in [-0.39, 0.29) is 0 Å². The maximum absolute atomic E-state index is 2.34. The van der Waals surface area contributed by atoms with Crippen molar-refractivity contribution >= 4 is 10.8 Å². The lowest BCUT2D eigenvalue weighted by Gasteiger charge is -2.30. The van der Waals surface area contributed by atoms with Gasteiger partial charge in [-0.05, 0) is 78.5 Å². The summed E-state index contributed by atoms with van der Waals surface area (Å²) in [5, 5.41) is 2.94. The van der Waals surface area contributed by atoms with Crippen LogP contribution in [0.15, 0.2) is 24.3 Å². The van der Waals surface area contributed by atoms with Gasteiger partial charge in [0.25, 0.3) is 0 Å². The van der Waals surface area contributed by atoms with Crippen LogP contribution in [-0.4, -0.2) is 0 Å². The molecule has 1 unspecified atom stereocenters. The maximum atomic E-state index is 2.34. The average Bonchev–Trinajstić information content (AvgIpc) is 2.45. The van der Waals surface area contributed by atoms with Gasteiger partial charge in [-0.1, -0.05) is 37.6 Å². The molecule has 0 heteroatoms. The Morgan fingerprint density at radius 1 is 1.05 bits per heavy atom. The Hall–Kier alpha value is -1.30. The molecule has 0 bridgehead atoms. The van der Waals surface area contributed by atoms with E-state index in [4.69, 9.17) is 0 Å². The number of fused-ring (bicyclic) bond motifs is 2. The smallest absolute Gasteiger partial charge is 0.0149 e. The van der Waals surface area contributed by atoms with E-state index in [0.717, 1.165) is 5.92 Å². The van der Waals surface area contributed by atoms with Crippen LogP contribution in [0.4, 0.5) is 0 Å². The van der Waals surface area contributed by atoms with Crippen LogP contribution in [0, 0.1) is 13.8 Å². The zero-order valence-corrected chi connectivity index (χ0v) is 12.4. The Labute approximate surface area is 116 Å². The highest BCUT2D eigenvalue weighted by molar-refractivity contribution is 5.91. The molecular weight excluding hydrogens is 228 g/mol. The van der Waals surface area contributed by atoms with Crippen molar-refractivity contribution in [1.82, 2.24) is 0 Å². The standard InChI is InChI=1S/C19H24/c1-4-8-15-9-7-12-18-13(2)16-10-5-6-11-17(16)14(3)19(15)18/h5-6,10-11,15H,4,7-9,12H2,1-3H3. The number of hydrogen-bond acceptors (Lipinski definition) is 0. The monoisotopic (exact) mass is 252 g/mol. The molecule has 0 radical (unpaired) electrons. The van der Waals surface area contributed by atoms with E-state index in [2.05, 4.69) is 45.0 Å². The summed E-state index contributed by atoms with van der Waals surface area (Å²) in [6, 6.07) is 8.95. The first-order valence-electron chi connectivity index (χ1n) is 7.74. The molecule has 0 saturated carbocycles. The molecule has 0 N–H and O–H groups in total. The molecule has 100 valence electrons. The second kappa shape index (κ2) is 5.00. The van der Waals surface area contributed by atoms with Gasteiger partial charge in [0, 0.05) is 0 Å². The lowest BCUT2D eigenvalue weighted by atomic mass is 9.75. The predicted molar refractivity (Wildman–Crippen MR) is 84.0 cm³/mol. The fourth-order valence-electron chi connectivity index (χ4n) is 4.05. The van der Waals surface area contributed by atoms with Crippen molar-refractivity contribution in [2.24, 2.45) is 0 Å². The minimum absolute atomic E-state index is 0.803. The highest BCUT2D eigenvalue weighted by Gasteiger charge is 2.24. The molecule has 1 atom stereocenters. The Balaban J connectivity index is 2.30. The molecule has 0 saturated heterocycles. The van der Waals surface area contributed by atoms with Crippen LogP contribution >= 0.6 is 0 Å². The van der Waals surface area contributed by atoms with Gasteiger partial charge < -0.3 is 0 Å². The summed E-state index contributed by atoms with van der Waals surface area (Å²) in [7, 11) is 0. The van der Waals surface area contributed by atoms with Gasteiger partial charge in [-0.3, -0.25) is 0 Å². The normalized spacial score (nSPS) is 18.6. The van der Waals surface area contributed by atoms with Crippen LogP contribution in [0.2, 0.25) is 0 Å². The highest BCUT2D eigenvalue weighted by Crippen LogP contribution is 2.41. The van der Waals surface area contributed by atoms with Crippen molar-refractivity contribution in [2.75, 3.05) is 0 Å². The molecule has 1 aliphatic rings. The molecule has 1 aliphatic carbocycles. The van der Waals surface area contributed by atoms with Gasteiger partial charge in [-0.2, -0.15) is 0 Å². The molecule has 2 aromatic rings. The minimum atomic E-state index is 0.803. The molecule has 2 aromatic carbocycles. The van der Waals surface area contributed by atoms with Gasteiger partial charge in [0.1, 0.15) is 0 Å². The Kier molecular flexibility index (Phi) is 3.35. The van der Waals surface area contributed by atoms with Crippen LogP contribution < -0.4 is 0 Å². The van der Waals surface area contributed by atoms with Crippen molar-refractivity contribution in [3.63, 3.8) is 0 Å². The molecule has 0 heterocycles. The van der Waals surface area contributed by atoms with E-state index in [1.165, 1.54) is 48.4 Å². The van der Waals surface area contributed by atoms with Crippen LogP contribution in [0.5, 0.6) is 0 Å². The summed E-state index contributed by atoms with van der Waals surface area (Å²) < 4.78 is 0. The van der Waals surface area contributed by atoms with Crippen molar-refractivity contribution in [3.8, 4) is 0 Å². The van der Waals surface area contributed by atoms with Crippen molar-refractivity contribution in [1.29, 1.82) is 0 Å². The van der Waals surface area contributed by atoms with E-state index in [0.29, 0.717) is 0 Å². The summed E-state index contributed by atoms with van der Waals surface area (Å²) in [6.07, 6.45) is 6.70. The molecule has 0 amide bonds. The first kappa shape index (κ1) is 12.7. The summed E-state index contributed by atoms with van der Waals surface area (Å²) in [5.41, 5.74) is 6.46. The summed E-state index contributed by atoms with van der Waals surface area (Å²) in [6.45, 7) is 6.99. The molecule has 0 nitrogen and oxygen atoms in total. The van der Waals surface area contributed by atoms with E-state index < -0.39 is 0 Å². The molecule has 19 heavy (non-hydrogen) atoms. The SMILES string of the molecule is CCCC1CCCc2c1c(C)c1ccccc1c2C. The third-order valence-corrected chi connectivity index (χ3v) is 4.94. The van der Waals surface area contributed by atoms with E-state index >= 15 is 0 Å². The van der Waals surface area contributed by atoms with Gasteiger partial charge in [0.05, 0.1) is 0 Å². The van der Waals surface area contributed by atoms with E-state index in [9.17, 15) is 0 Å². The Morgan fingerprint density at radius 2 is 1.74 bits per heavy atom. The van der Waals surface area contributed by atoms with Gasteiger partial charge in [0.2, 0.25) is 0 Å². The molecule has 0 spiro atoms. The third kappa shape index (κ3) is 1.98. The molecular formula is C19H24. The first-order valence-corrected chi connectivity index (χ1v) is 7.74. The topological polar surface area (TPSA) is 0 Å². The second-order valence-electron chi connectivity index (χ2n) is 6.07. The zero-order valence-electron chi connectivity index (χ0n) is 12.4. The first-order chi connectivity index (χ1) is 9.24. The number of benzene rings is 2. The van der Waals surface area contributed by atoms with Crippen LogP contribution in [0.3, 0.4) is 0 Å². The lowest BCUT2D eigenvalue weighted by molar-refractivity contribution is 0.512. The molecule has 3 rings (SSSR count). The zero-order chi connectivity index (χ0) is 13.4. The third-order valence-electron chi connectivity index (χ3n) is 4.94. The number of hydrogen-bond donors (Lipinski definition) is 0. The molecule has 0 fully saturated rings. The van der Waals surface area contributed by atoms with Gasteiger partial charge >= 0.3 is 0 Å². The van der Waals surface area contributed by atoms with Crippen molar-refractivity contribution < 1.29 is 0 Å². The van der Waals surface area contributed by atoms with Crippen LogP contribution in [0.1, 0.15) is 60.8 Å². The quantitative estimate of drug-likeness (QED) is 0.645. The fourth-order valence-corrected chi connectivity index (χ4v) is 4.05. The average molecular weight is 252 g/mol. The molecule has 0 aromatic heterocycles. The fraction of sp³-hybridized carbons (Fsp3) is 0.474. The van der Waals surface area contributed by atoms with E-state index in [1.807, 2.05) is 0 Å².